The number of hydrogen-bond donors (Lipinski definition) is 1. The molecule has 0 aliphatic rings. The van der Waals surface area contributed by atoms with E-state index in [0.717, 1.165) is 6.42 Å². The fourth-order valence-corrected chi connectivity index (χ4v) is 2.56. The minimum Gasteiger partial charge on any atom is -0.313 e. The zero-order chi connectivity index (χ0) is 15.5. The summed E-state index contributed by atoms with van der Waals surface area (Å²) < 4.78 is 0. The van der Waals surface area contributed by atoms with Gasteiger partial charge in [0.25, 0.3) is 0 Å². The third-order valence-corrected chi connectivity index (χ3v) is 4.09. The summed E-state index contributed by atoms with van der Waals surface area (Å²) in [5, 5.41) is 3.43. The third kappa shape index (κ3) is 4.18. The summed E-state index contributed by atoms with van der Waals surface area (Å²) in [5.74, 6) is 0. The molecule has 21 heavy (non-hydrogen) atoms. The Bertz CT molecular complexity index is 558. The SMILES string of the molecule is CNC(Cc1ccc(C(C)(C)C)cc1)c1ccc(C)cc1. The first-order chi connectivity index (χ1) is 9.90. The predicted octanol–water partition coefficient (Wildman–Crippen LogP) is 4.80. The fourth-order valence-electron chi connectivity index (χ4n) is 2.56. The Hall–Kier alpha value is -1.60. The van der Waals surface area contributed by atoms with Crippen molar-refractivity contribution in [1.82, 2.24) is 5.32 Å². The molecular weight excluding hydrogens is 254 g/mol. The highest BCUT2D eigenvalue weighted by Crippen LogP contribution is 2.24. The molecule has 0 heterocycles. The zero-order valence-corrected chi connectivity index (χ0v) is 13.9. The van der Waals surface area contributed by atoms with E-state index >= 15 is 0 Å². The molecule has 112 valence electrons. The van der Waals surface area contributed by atoms with Gasteiger partial charge in [0.15, 0.2) is 0 Å². The predicted molar refractivity (Wildman–Crippen MR) is 91.8 cm³/mol. The normalized spacial score (nSPS) is 13.2. The summed E-state index contributed by atoms with van der Waals surface area (Å²) in [5.41, 5.74) is 5.65. The van der Waals surface area contributed by atoms with E-state index in [1.807, 2.05) is 7.05 Å². The number of nitrogens with one attached hydrogen (secondary N) is 1. The number of hydrogen-bond acceptors (Lipinski definition) is 1. The van der Waals surface area contributed by atoms with Gasteiger partial charge in [-0.25, -0.2) is 0 Å². The third-order valence-electron chi connectivity index (χ3n) is 4.09. The number of likely N-dealkylation sites (N-methyl/N-ethyl adjacent to an activating group) is 1. The van der Waals surface area contributed by atoms with Gasteiger partial charge in [-0.2, -0.15) is 0 Å². The zero-order valence-electron chi connectivity index (χ0n) is 13.9. The smallest absolute Gasteiger partial charge is 0.0358 e. The van der Waals surface area contributed by atoms with E-state index < -0.39 is 0 Å². The van der Waals surface area contributed by atoms with Crippen LogP contribution in [0.4, 0.5) is 0 Å². The summed E-state index contributed by atoms with van der Waals surface area (Å²) in [6.07, 6.45) is 1.02. The highest BCUT2D eigenvalue weighted by Gasteiger charge is 2.14. The molecule has 2 rings (SSSR count). The largest absolute Gasteiger partial charge is 0.313 e. The fraction of sp³-hybridized carbons (Fsp3) is 0.400. The first-order valence-corrected chi connectivity index (χ1v) is 7.73. The van der Waals surface area contributed by atoms with Gasteiger partial charge in [0.1, 0.15) is 0 Å². The minimum absolute atomic E-state index is 0.220. The molecule has 1 atom stereocenters. The van der Waals surface area contributed by atoms with Crippen LogP contribution in [0.3, 0.4) is 0 Å². The summed E-state index contributed by atoms with van der Waals surface area (Å²) in [4.78, 5) is 0. The van der Waals surface area contributed by atoms with Crippen LogP contribution in [0.25, 0.3) is 0 Å². The molecule has 2 aromatic carbocycles. The summed E-state index contributed by atoms with van der Waals surface area (Å²) in [7, 11) is 2.04. The monoisotopic (exact) mass is 281 g/mol. The van der Waals surface area contributed by atoms with Gasteiger partial charge in [0.05, 0.1) is 0 Å². The molecule has 1 nitrogen and oxygen atoms in total. The van der Waals surface area contributed by atoms with Gasteiger partial charge in [0.2, 0.25) is 0 Å². The van der Waals surface area contributed by atoms with Crippen LogP contribution < -0.4 is 5.32 Å². The molecule has 0 fully saturated rings. The Labute approximate surface area is 129 Å². The van der Waals surface area contributed by atoms with Crippen LogP contribution in [0.2, 0.25) is 0 Å². The summed E-state index contributed by atoms with van der Waals surface area (Å²) in [6, 6.07) is 18.2. The average molecular weight is 281 g/mol. The molecule has 0 aliphatic heterocycles. The second kappa shape index (κ2) is 6.44. The molecule has 2 aromatic rings. The van der Waals surface area contributed by atoms with Crippen LogP contribution in [-0.2, 0) is 11.8 Å². The van der Waals surface area contributed by atoms with Gasteiger partial charge in [0, 0.05) is 6.04 Å². The van der Waals surface area contributed by atoms with Crippen LogP contribution in [0, 0.1) is 6.92 Å². The lowest BCUT2D eigenvalue weighted by Crippen LogP contribution is -2.19. The summed E-state index contributed by atoms with van der Waals surface area (Å²) >= 11 is 0. The van der Waals surface area contributed by atoms with Crippen molar-refractivity contribution in [2.75, 3.05) is 7.05 Å². The van der Waals surface area contributed by atoms with Crippen LogP contribution in [0.1, 0.15) is 49.1 Å². The molecule has 1 N–H and O–H groups in total. The standard InChI is InChI=1S/C20H27N/c1-15-6-10-17(11-7-15)19(21-5)14-16-8-12-18(13-9-16)20(2,3)4/h6-13,19,21H,14H2,1-5H3. The maximum Gasteiger partial charge on any atom is 0.0358 e. The lowest BCUT2D eigenvalue weighted by molar-refractivity contribution is 0.583. The van der Waals surface area contributed by atoms with E-state index in [1.165, 1.54) is 22.3 Å². The van der Waals surface area contributed by atoms with Crippen LogP contribution in [0.15, 0.2) is 48.5 Å². The Morgan fingerprint density at radius 1 is 0.905 bits per heavy atom. The van der Waals surface area contributed by atoms with Crippen LogP contribution in [0.5, 0.6) is 0 Å². The van der Waals surface area contributed by atoms with E-state index in [4.69, 9.17) is 0 Å². The van der Waals surface area contributed by atoms with E-state index in [-0.39, 0.29) is 5.41 Å². The number of benzene rings is 2. The van der Waals surface area contributed by atoms with E-state index in [2.05, 4.69) is 81.5 Å². The van der Waals surface area contributed by atoms with Crippen molar-refractivity contribution in [3.8, 4) is 0 Å². The number of aryl methyl sites for hydroxylation is 1. The second-order valence-corrected chi connectivity index (χ2v) is 6.90. The van der Waals surface area contributed by atoms with Gasteiger partial charge in [-0.1, -0.05) is 74.9 Å². The molecule has 1 unspecified atom stereocenters. The van der Waals surface area contributed by atoms with Crippen LogP contribution >= 0.6 is 0 Å². The molecule has 0 saturated carbocycles. The molecule has 1 heteroatoms. The Kier molecular flexibility index (Phi) is 4.84. The molecule has 0 spiro atoms. The lowest BCUT2D eigenvalue weighted by atomic mass is 9.86. The maximum absolute atomic E-state index is 3.43. The van der Waals surface area contributed by atoms with Crippen molar-refractivity contribution in [2.45, 2.75) is 45.6 Å². The second-order valence-electron chi connectivity index (χ2n) is 6.90. The highest BCUT2D eigenvalue weighted by molar-refractivity contribution is 5.30. The molecule has 0 amide bonds. The van der Waals surface area contributed by atoms with Gasteiger partial charge in [-0.05, 0) is 42.5 Å². The molecule has 0 bridgehead atoms. The van der Waals surface area contributed by atoms with Gasteiger partial charge >= 0.3 is 0 Å². The first-order valence-electron chi connectivity index (χ1n) is 7.73. The molecular formula is C20H27N. The van der Waals surface area contributed by atoms with Crippen molar-refractivity contribution in [1.29, 1.82) is 0 Å². The minimum atomic E-state index is 0.220. The molecule has 0 aromatic heterocycles. The van der Waals surface area contributed by atoms with E-state index in [9.17, 15) is 0 Å². The first kappa shape index (κ1) is 15.8. The highest BCUT2D eigenvalue weighted by atomic mass is 14.9. The van der Waals surface area contributed by atoms with E-state index in [1.54, 1.807) is 0 Å². The average Bonchev–Trinajstić information content (AvgIpc) is 2.45. The van der Waals surface area contributed by atoms with Gasteiger partial charge in [-0.15, -0.1) is 0 Å². The number of rotatable bonds is 4. The quantitative estimate of drug-likeness (QED) is 0.849. The van der Waals surface area contributed by atoms with Crippen molar-refractivity contribution >= 4 is 0 Å². The topological polar surface area (TPSA) is 12.0 Å². The Morgan fingerprint density at radius 3 is 1.95 bits per heavy atom. The van der Waals surface area contributed by atoms with Gasteiger partial charge in [-0.3, -0.25) is 0 Å². The Morgan fingerprint density at radius 2 is 1.48 bits per heavy atom. The van der Waals surface area contributed by atoms with Crippen LogP contribution in [-0.4, -0.2) is 7.05 Å². The van der Waals surface area contributed by atoms with Crippen molar-refractivity contribution in [3.05, 3.63) is 70.8 Å². The van der Waals surface area contributed by atoms with Crippen molar-refractivity contribution in [3.63, 3.8) is 0 Å². The summed E-state index contributed by atoms with van der Waals surface area (Å²) in [6.45, 7) is 8.89. The van der Waals surface area contributed by atoms with E-state index in [0.29, 0.717) is 6.04 Å². The maximum atomic E-state index is 3.43. The molecule has 0 radical (unpaired) electrons. The Balaban J connectivity index is 2.13. The van der Waals surface area contributed by atoms with Crippen molar-refractivity contribution in [2.24, 2.45) is 0 Å². The lowest BCUT2D eigenvalue weighted by Gasteiger charge is -2.21. The van der Waals surface area contributed by atoms with Crippen molar-refractivity contribution < 1.29 is 0 Å². The molecule has 0 saturated heterocycles. The van der Waals surface area contributed by atoms with Gasteiger partial charge < -0.3 is 5.32 Å². The molecule has 0 aliphatic carbocycles.